The predicted octanol–water partition coefficient (Wildman–Crippen LogP) is 5.60. The number of halogens is 5. The molecule has 0 amide bonds. The van der Waals surface area contributed by atoms with Crippen LogP contribution in [0.2, 0.25) is 0 Å². The number of nitrogens with zero attached hydrogens (tertiary/aromatic N) is 5. The van der Waals surface area contributed by atoms with E-state index in [9.17, 15) is 27.2 Å². The summed E-state index contributed by atoms with van der Waals surface area (Å²) >= 11 is 0.781. The third-order valence-corrected chi connectivity index (χ3v) is 9.95. The van der Waals surface area contributed by atoms with Crippen molar-refractivity contribution in [2.45, 2.75) is 62.6 Å². The number of rotatable bonds is 6. The summed E-state index contributed by atoms with van der Waals surface area (Å²) in [6, 6.07) is 5.25. The van der Waals surface area contributed by atoms with Gasteiger partial charge in [0, 0.05) is 42.9 Å². The molecule has 0 radical (unpaired) electrons. The van der Waals surface area contributed by atoms with E-state index in [-0.39, 0.29) is 61.8 Å². The van der Waals surface area contributed by atoms with Crippen LogP contribution in [-0.2, 0) is 6.18 Å². The standard InChI is InChI=1S/C30H28F5N7O2S/c1-14-7-16(11-38-14)44-27-23-21(39-28(41-27)43-13-29-5-2-6-42(29)12-15(31)9-29)8-18(25(40-23)30(33,34)35)17-3-4-20(32)24-22(17)19(10-36)26(37)45-24/h3-4,8,14-16,38H,2,5-7,9,11-13,37H2,1H3/t14-,15-,16-,29+/m1/s1. The fourth-order valence-corrected chi connectivity index (χ4v) is 7.84. The van der Waals surface area contributed by atoms with E-state index >= 15 is 0 Å². The zero-order chi connectivity index (χ0) is 31.7. The van der Waals surface area contributed by atoms with Crippen LogP contribution in [0.3, 0.4) is 0 Å². The Hall–Kier alpha value is -3.87. The van der Waals surface area contributed by atoms with E-state index in [1.807, 2.05) is 13.0 Å². The van der Waals surface area contributed by atoms with Crippen molar-refractivity contribution in [2.24, 2.45) is 0 Å². The summed E-state index contributed by atoms with van der Waals surface area (Å²) < 4.78 is 85.3. The third-order valence-electron chi connectivity index (χ3n) is 8.93. The van der Waals surface area contributed by atoms with Crippen LogP contribution in [0, 0.1) is 17.1 Å². The maximum absolute atomic E-state index is 14.8. The molecule has 0 unspecified atom stereocenters. The third kappa shape index (κ3) is 5.18. The van der Waals surface area contributed by atoms with E-state index in [1.54, 1.807) is 0 Å². The van der Waals surface area contributed by atoms with E-state index in [0.717, 1.165) is 36.8 Å². The molecule has 3 saturated heterocycles. The quantitative estimate of drug-likeness (QED) is 0.258. The van der Waals surface area contributed by atoms with Gasteiger partial charge in [-0.05, 0) is 44.0 Å². The van der Waals surface area contributed by atoms with Gasteiger partial charge in [-0.3, -0.25) is 4.90 Å². The van der Waals surface area contributed by atoms with Crippen molar-refractivity contribution in [3.05, 3.63) is 35.3 Å². The molecular formula is C30H28F5N7O2S. The van der Waals surface area contributed by atoms with Gasteiger partial charge in [-0.15, -0.1) is 11.3 Å². The highest BCUT2D eigenvalue weighted by atomic mass is 32.1. The zero-order valence-electron chi connectivity index (χ0n) is 24.0. The minimum atomic E-state index is -4.95. The van der Waals surface area contributed by atoms with Crippen molar-refractivity contribution in [2.75, 3.05) is 32.0 Å². The maximum atomic E-state index is 14.8. The molecule has 9 nitrogen and oxygen atoms in total. The number of nitriles is 1. The van der Waals surface area contributed by atoms with Crippen LogP contribution in [0.1, 0.15) is 43.9 Å². The lowest BCUT2D eigenvalue weighted by Gasteiger charge is -2.30. The van der Waals surface area contributed by atoms with E-state index < -0.39 is 41.1 Å². The number of pyridine rings is 1. The Kier molecular flexibility index (Phi) is 7.21. The molecule has 3 aromatic heterocycles. The lowest BCUT2D eigenvalue weighted by atomic mass is 9.95. The highest BCUT2D eigenvalue weighted by molar-refractivity contribution is 7.23. The van der Waals surface area contributed by atoms with Crippen LogP contribution in [0.25, 0.3) is 32.2 Å². The summed E-state index contributed by atoms with van der Waals surface area (Å²) in [5, 5.41) is 12.9. The highest BCUT2D eigenvalue weighted by Gasteiger charge is 2.49. The molecule has 0 aliphatic carbocycles. The Bertz CT molecular complexity index is 1860. The second-order valence-corrected chi connectivity index (χ2v) is 13.0. The first-order chi connectivity index (χ1) is 21.5. The predicted molar refractivity (Wildman–Crippen MR) is 157 cm³/mol. The Morgan fingerprint density at radius 3 is 2.80 bits per heavy atom. The van der Waals surface area contributed by atoms with Crippen molar-refractivity contribution in [3.8, 4) is 29.1 Å². The number of alkyl halides is 4. The minimum absolute atomic E-state index is 0.00763. The lowest BCUT2D eigenvalue weighted by Crippen LogP contribution is -2.43. The molecule has 3 N–H and O–H groups in total. The Labute approximate surface area is 258 Å². The van der Waals surface area contributed by atoms with Crippen LogP contribution >= 0.6 is 11.3 Å². The van der Waals surface area contributed by atoms with E-state index in [4.69, 9.17) is 15.2 Å². The SMILES string of the molecule is C[C@@H]1C[C@@H](Oc2nc(OC[C@@]34CCCN3C[C@H](F)C4)nc3cc(-c4ccc(F)c5sc(N)c(C#N)c45)c(C(F)(F)F)nc23)CN1. The van der Waals surface area contributed by atoms with Gasteiger partial charge in [-0.25, -0.2) is 13.8 Å². The van der Waals surface area contributed by atoms with Gasteiger partial charge in [0.2, 0.25) is 5.88 Å². The second-order valence-electron chi connectivity index (χ2n) is 12.0. The van der Waals surface area contributed by atoms with Gasteiger partial charge in [0.25, 0.3) is 0 Å². The summed E-state index contributed by atoms with van der Waals surface area (Å²) in [5.74, 6) is -0.893. The topological polar surface area (TPSA) is 122 Å². The monoisotopic (exact) mass is 645 g/mol. The van der Waals surface area contributed by atoms with Crippen molar-refractivity contribution in [3.63, 3.8) is 0 Å². The lowest BCUT2D eigenvalue weighted by molar-refractivity contribution is -0.140. The molecule has 45 heavy (non-hydrogen) atoms. The zero-order valence-corrected chi connectivity index (χ0v) is 24.9. The van der Waals surface area contributed by atoms with Gasteiger partial charge >= 0.3 is 12.2 Å². The fourth-order valence-electron chi connectivity index (χ4n) is 6.90. The van der Waals surface area contributed by atoms with Crippen LogP contribution in [0.5, 0.6) is 11.9 Å². The largest absolute Gasteiger partial charge is 0.471 e. The molecule has 7 rings (SSSR count). The molecule has 4 atom stereocenters. The summed E-state index contributed by atoms with van der Waals surface area (Å²) in [5.41, 5.74) is 3.31. The van der Waals surface area contributed by atoms with Gasteiger partial charge in [0.1, 0.15) is 41.3 Å². The first-order valence-corrected chi connectivity index (χ1v) is 15.4. The van der Waals surface area contributed by atoms with Gasteiger partial charge in [-0.1, -0.05) is 6.07 Å². The Morgan fingerprint density at radius 2 is 2.07 bits per heavy atom. The molecule has 0 spiro atoms. The van der Waals surface area contributed by atoms with Gasteiger partial charge < -0.3 is 20.5 Å². The maximum Gasteiger partial charge on any atom is 0.433 e. The van der Waals surface area contributed by atoms with Crippen molar-refractivity contribution in [1.29, 1.82) is 5.26 Å². The number of benzene rings is 1. The van der Waals surface area contributed by atoms with Gasteiger partial charge in [-0.2, -0.15) is 28.4 Å². The molecular weight excluding hydrogens is 617 g/mol. The molecule has 3 fully saturated rings. The number of fused-ring (bicyclic) bond motifs is 3. The molecule has 236 valence electrons. The summed E-state index contributed by atoms with van der Waals surface area (Å²) in [7, 11) is 0. The summed E-state index contributed by atoms with van der Waals surface area (Å²) in [4.78, 5) is 14.9. The van der Waals surface area contributed by atoms with E-state index in [1.165, 1.54) is 12.1 Å². The van der Waals surface area contributed by atoms with E-state index in [0.29, 0.717) is 25.9 Å². The Morgan fingerprint density at radius 1 is 1.24 bits per heavy atom. The van der Waals surface area contributed by atoms with Crippen molar-refractivity contribution in [1.82, 2.24) is 25.2 Å². The number of thiophene rings is 1. The van der Waals surface area contributed by atoms with Crippen LogP contribution in [-0.4, -0.2) is 69.9 Å². The van der Waals surface area contributed by atoms with E-state index in [2.05, 4.69) is 25.2 Å². The molecule has 3 aliphatic heterocycles. The number of hydrogen-bond acceptors (Lipinski definition) is 10. The van der Waals surface area contributed by atoms with Crippen LogP contribution in [0.4, 0.5) is 27.0 Å². The van der Waals surface area contributed by atoms with Crippen molar-refractivity contribution < 1.29 is 31.4 Å². The second kappa shape index (κ2) is 10.9. The van der Waals surface area contributed by atoms with Crippen molar-refractivity contribution >= 4 is 37.5 Å². The Balaban J connectivity index is 1.39. The number of nitrogens with two attached hydrogens (primary N) is 1. The normalized spacial score (nSPS) is 25.2. The van der Waals surface area contributed by atoms with Crippen LogP contribution < -0.4 is 20.5 Å². The highest BCUT2D eigenvalue weighted by Crippen LogP contribution is 2.46. The summed E-state index contributed by atoms with van der Waals surface area (Å²) in [6.07, 6.45) is -3.79. The average molecular weight is 646 g/mol. The van der Waals surface area contributed by atoms with Crippen LogP contribution in [0.15, 0.2) is 18.2 Å². The molecule has 15 heteroatoms. The number of ether oxygens (including phenoxy) is 2. The molecule has 6 heterocycles. The first kappa shape index (κ1) is 29.8. The number of anilines is 1. The number of nitrogens with one attached hydrogen (secondary N) is 1. The smallest absolute Gasteiger partial charge is 0.433 e. The number of aromatic nitrogens is 3. The molecule has 1 aromatic carbocycles. The molecule has 0 saturated carbocycles. The average Bonchev–Trinajstić information content (AvgIpc) is 3.73. The molecule has 4 aromatic rings. The first-order valence-electron chi connectivity index (χ1n) is 14.6. The van der Waals surface area contributed by atoms with Gasteiger partial charge in [0.15, 0.2) is 11.2 Å². The number of nitrogen functional groups attached to an aromatic ring is 1. The molecule has 3 aliphatic rings. The molecule has 0 bridgehead atoms. The number of hydrogen-bond donors (Lipinski definition) is 2. The fraction of sp³-hybridized carbons (Fsp3) is 0.467. The van der Waals surface area contributed by atoms with Gasteiger partial charge in [0.05, 0.1) is 15.8 Å². The summed E-state index contributed by atoms with van der Waals surface area (Å²) in [6.45, 7) is 3.58. The minimum Gasteiger partial charge on any atom is -0.471 e.